The molecule has 4 rings (SSSR count). The van der Waals surface area contributed by atoms with Gasteiger partial charge in [-0.2, -0.15) is 0 Å². The molecular weight excluding hydrogens is 312 g/mol. The van der Waals surface area contributed by atoms with Gasteiger partial charge in [0, 0.05) is 30.1 Å². The molecule has 4 heteroatoms. The summed E-state index contributed by atoms with van der Waals surface area (Å²) >= 11 is 0. The third-order valence-corrected chi connectivity index (χ3v) is 4.70. The fourth-order valence-electron chi connectivity index (χ4n) is 3.29. The minimum Gasteiger partial charge on any atom is -0.497 e. The molecule has 0 saturated carbocycles. The van der Waals surface area contributed by atoms with Gasteiger partial charge in [-0.1, -0.05) is 36.4 Å². The van der Waals surface area contributed by atoms with Crippen LogP contribution in [0.15, 0.2) is 60.7 Å². The average molecular weight is 332 g/mol. The van der Waals surface area contributed by atoms with Crippen LogP contribution in [0.2, 0.25) is 0 Å². The Morgan fingerprint density at radius 3 is 2.68 bits per heavy atom. The van der Waals surface area contributed by atoms with Crippen LogP contribution in [0, 0.1) is 0 Å². The first-order valence-electron chi connectivity index (χ1n) is 8.45. The number of rotatable bonds is 3. The van der Waals surface area contributed by atoms with Gasteiger partial charge in [0.2, 0.25) is 0 Å². The monoisotopic (exact) mass is 332 g/mol. The lowest BCUT2D eigenvalue weighted by Crippen LogP contribution is -2.34. The van der Waals surface area contributed by atoms with Gasteiger partial charge in [0.25, 0.3) is 5.91 Å². The number of benzene rings is 2. The third-order valence-electron chi connectivity index (χ3n) is 4.70. The van der Waals surface area contributed by atoms with Gasteiger partial charge in [-0.3, -0.25) is 4.79 Å². The predicted molar refractivity (Wildman–Crippen MR) is 99.8 cm³/mol. The smallest absolute Gasteiger partial charge is 0.270 e. The maximum absolute atomic E-state index is 12.8. The van der Waals surface area contributed by atoms with Gasteiger partial charge in [0.15, 0.2) is 0 Å². The molecule has 0 fully saturated rings. The summed E-state index contributed by atoms with van der Waals surface area (Å²) in [5.74, 6) is 0.820. The summed E-state index contributed by atoms with van der Waals surface area (Å²) in [5.41, 5.74) is 4.10. The number of aromatic nitrogens is 1. The fraction of sp³-hybridized carbons (Fsp3) is 0.190. The van der Waals surface area contributed by atoms with Crippen molar-refractivity contribution in [3.8, 4) is 5.75 Å². The SMILES string of the molecule is COc1ccc2cc(C(=O)N3CC=C(c4ccccc4)CC3)[nH]c2c1. The molecule has 2 aromatic carbocycles. The Balaban J connectivity index is 1.53. The second-order valence-electron chi connectivity index (χ2n) is 6.23. The molecule has 0 bridgehead atoms. The van der Waals surface area contributed by atoms with E-state index in [-0.39, 0.29) is 5.91 Å². The molecule has 2 heterocycles. The summed E-state index contributed by atoms with van der Waals surface area (Å²) in [4.78, 5) is 17.9. The molecule has 3 aromatic rings. The summed E-state index contributed by atoms with van der Waals surface area (Å²) < 4.78 is 5.24. The highest BCUT2D eigenvalue weighted by Crippen LogP contribution is 2.25. The minimum atomic E-state index is 0.0403. The average Bonchev–Trinajstić information content (AvgIpc) is 3.11. The summed E-state index contributed by atoms with van der Waals surface area (Å²) in [7, 11) is 1.64. The number of carbonyl (C=O) groups excluding carboxylic acids is 1. The number of ether oxygens (including phenoxy) is 1. The van der Waals surface area contributed by atoms with Crippen molar-refractivity contribution in [1.82, 2.24) is 9.88 Å². The Hall–Kier alpha value is -3.01. The van der Waals surface area contributed by atoms with Gasteiger partial charge in [-0.05, 0) is 35.8 Å². The van der Waals surface area contributed by atoms with Gasteiger partial charge in [-0.25, -0.2) is 0 Å². The van der Waals surface area contributed by atoms with Crippen molar-refractivity contribution in [3.63, 3.8) is 0 Å². The Bertz CT molecular complexity index is 941. The molecule has 0 aliphatic carbocycles. The molecule has 25 heavy (non-hydrogen) atoms. The van der Waals surface area contributed by atoms with E-state index in [0.29, 0.717) is 12.2 Å². The molecule has 1 aliphatic heterocycles. The van der Waals surface area contributed by atoms with Crippen LogP contribution in [0.3, 0.4) is 0 Å². The fourth-order valence-corrected chi connectivity index (χ4v) is 3.29. The van der Waals surface area contributed by atoms with Gasteiger partial charge >= 0.3 is 0 Å². The van der Waals surface area contributed by atoms with E-state index < -0.39 is 0 Å². The van der Waals surface area contributed by atoms with Crippen LogP contribution in [-0.2, 0) is 0 Å². The Morgan fingerprint density at radius 2 is 1.96 bits per heavy atom. The summed E-state index contributed by atoms with van der Waals surface area (Å²) in [6.07, 6.45) is 3.03. The molecule has 1 amide bonds. The number of H-pyrrole nitrogens is 1. The largest absolute Gasteiger partial charge is 0.497 e. The first-order valence-corrected chi connectivity index (χ1v) is 8.45. The number of carbonyl (C=O) groups is 1. The first kappa shape index (κ1) is 15.5. The van der Waals surface area contributed by atoms with E-state index in [1.807, 2.05) is 47.4 Å². The van der Waals surface area contributed by atoms with Crippen molar-refractivity contribution in [2.75, 3.05) is 20.2 Å². The lowest BCUT2D eigenvalue weighted by atomic mass is 9.99. The molecule has 4 nitrogen and oxygen atoms in total. The molecule has 0 atom stereocenters. The van der Waals surface area contributed by atoms with E-state index in [1.165, 1.54) is 11.1 Å². The van der Waals surface area contributed by atoms with Crippen LogP contribution in [0.4, 0.5) is 0 Å². The van der Waals surface area contributed by atoms with Crippen LogP contribution >= 0.6 is 0 Å². The molecule has 1 N–H and O–H groups in total. The quantitative estimate of drug-likeness (QED) is 0.784. The molecule has 1 aromatic heterocycles. The number of nitrogens with zero attached hydrogens (tertiary/aromatic N) is 1. The Labute approximate surface area is 146 Å². The minimum absolute atomic E-state index is 0.0403. The number of hydrogen-bond acceptors (Lipinski definition) is 2. The van der Waals surface area contributed by atoms with Crippen LogP contribution in [-0.4, -0.2) is 36.0 Å². The maximum atomic E-state index is 12.8. The topological polar surface area (TPSA) is 45.3 Å². The number of amides is 1. The standard InChI is InChI=1S/C21H20N2O2/c1-25-18-8-7-17-13-20(22-19(17)14-18)21(24)23-11-9-16(10-12-23)15-5-3-2-4-6-15/h2-9,13-14,22H,10-12H2,1H3. The Morgan fingerprint density at radius 1 is 1.12 bits per heavy atom. The van der Waals surface area contributed by atoms with Crippen LogP contribution in [0.5, 0.6) is 5.75 Å². The zero-order chi connectivity index (χ0) is 17.2. The first-order chi connectivity index (χ1) is 12.2. The molecule has 0 unspecified atom stereocenters. The second kappa shape index (κ2) is 6.48. The third kappa shape index (κ3) is 3.03. The second-order valence-corrected chi connectivity index (χ2v) is 6.23. The molecular formula is C21H20N2O2. The highest BCUT2D eigenvalue weighted by Gasteiger charge is 2.20. The molecule has 0 spiro atoms. The number of hydrogen-bond donors (Lipinski definition) is 1. The predicted octanol–water partition coefficient (Wildman–Crippen LogP) is 4.11. The van der Waals surface area contributed by atoms with Crippen molar-refractivity contribution >= 4 is 22.4 Å². The number of methoxy groups -OCH3 is 1. The molecule has 0 radical (unpaired) electrons. The highest BCUT2D eigenvalue weighted by atomic mass is 16.5. The summed E-state index contributed by atoms with van der Waals surface area (Å²) in [5, 5.41) is 1.02. The van der Waals surface area contributed by atoms with Crippen molar-refractivity contribution in [1.29, 1.82) is 0 Å². The van der Waals surface area contributed by atoms with E-state index >= 15 is 0 Å². The van der Waals surface area contributed by atoms with Gasteiger partial charge < -0.3 is 14.6 Å². The number of aromatic amines is 1. The van der Waals surface area contributed by atoms with E-state index in [1.54, 1.807) is 7.11 Å². The zero-order valence-electron chi connectivity index (χ0n) is 14.2. The van der Waals surface area contributed by atoms with Crippen LogP contribution in [0.25, 0.3) is 16.5 Å². The van der Waals surface area contributed by atoms with Crippen molar-refractivity contribution in [2.24, 2.45) is 0 Å². The van der Waals surface area contributed by atoms with Crippen molar-refractivity contribution < 1.29 is 9.53 Å². The van der Waals surface area contributed by atoms with E-state index in [0.717, 1.165) is 29.6 Å². The Kier molecular flexibility index (Phi) is 4.02. The lowest BCUT2D eigenvalue weighted by Gasteiger charge is -2.26. The van der Waals surface area contributed by atoms with E-state index in [2.05, 4.69) is 23.2 Å². The van der Waals surface area contributed by atoms with Gasteiger partial charge in [0.05, 0.1) is 7.11 Å². The number of nitrogens with one attached hydrogen (secondary N) is 1. The van der Waals surface area contributed by atoms with E-state index in [4.69, 9.17) is 4.74 Å². The van der Waals surface area contributed by atoms with E-state index in [9.17, 15) is 4.79 Å². The van der Waals surface area contributed by atoms with Crippen LogP contribution in [0.1, 0.15) is 22.5 Å². The maximum Gasteiger partial charge on any atom is 0.270 e. The van der Waals surface area contributed by atoms with Crippen molar-refractivity contribution in [3.05, 3.63) is 71.9 Å². The zero-order valence-corrected chi connectivity index (χ0v) is 14.2. The number of fused-ring (bicyclic) bond motifs is 1. The van der Waals surface area contributed by atoms with Gasteiger partial charge in [0.1, 0.15) is 11.4 Å². The summed E-state index contributed by atoms with van der Waals surface area (Å²) in [6, 6.07) is 18.0. The highest BCUT2D eigenvalue weighted by molar-refractivity contribution is 5.98. The molecule has 1 aliphatic rings. The van der Waals surface area contributed by atoms with Crippen LogP contribution < -0.4 is 4.74 Å². The molecule has 0 saturated heterocycles. The normalized spacial score (nSPS) is 14.4. The van der Waals surface area contributed by atoms with Crippen molar-refractivity contribution in [2.45, 2.75) is 6.42 Å². The van der Waals surface area contributed by atoms with Gasteiger partial charge in [-0.15, -0.1) is 0 Å². The molecule has 126 valence electrons. The summed E-state index contributed by atoms with van der Waals surface area (Å²) in [6.45, 7) is 1.37. The lowest BCUT2D eigenvalue weighted by molar-refractivity contribution is 0.0768.